The van der Waals surface area contributed by atoms with Gasteiger partial charge in [0.25, 0.3) is 0 Å². The maximum Gasteiger partial charge on any atom is 0.244 e. The summed E-state index contributed by atoms with van der Waals surface area (Å²) < 4.78 is 50.8. The predicted molar refractivity (Wildman–Crippen MR) is 121 cm³/mol. The minimum atomic E-state index is -1.08. The topological polar surface area (TPSA) is 85.4 Å². The summed E-state index contributed by atoms with van der Waals surface area (Å²) in [5.74, 6) is -0.203. The quantitative estimate of drug-likeness (QED) is 0.441. The summed E-state index contributed by atoms with van der Waals surface area (Å²) in [6.45, 7) is 0.965. The molecule has 1 aliphatic heterocycles. The maximum absolute atomic E-state index is 15.2. The zero-order valence-corrected chi connectivity index (χ0v) is 18.9. The lowest BCUT2D eigenvalue weighted by Gasteiger charge is -2.32. The Labute approximate surface area is 193 Å². The fourth-order valence-electron chi connectivity index (χ4n) is 4.38. The number of fused-ring (bicyclic) bond motifs is 2. The highest BCUT2D eigenvalue weighted by Crippen LogP contribution is 2.35. The van der Waals surface area contributed by atoms with Gasteiger partial charge in [0.15, 0.2) is 5.82 Å². The molecular weight excluding hydrogens is 449 g/mol. The molecule has 2 atom stereocenters. The lowest BCUT2D eigenvalue weighted by atomic mass is 10.0. The first kappa shape index (κ1) is 22.4. The van der Waals surface area contributed by atoms with Crippen molar-refractivity contribution in [3.63, 3.8) is 0 Å². The van der Waals surface area contributed by atoms with E-state index >= 15 is 4.39 Å². The molecule has 4 aromatic rings. The molecule has 3 aromatic heterocycles. The Balaban J connectivity index is 1.54. The first-order valence-electron chi connectivity index (χ1n) is 11.1. The van der Waals surface area contributed by atoms with Gasteiger partial charge in [0.2, 0.25) is 11.8 Å². The van der Waals surface area contributed by atoms with Gasteiger partial charge in [0.1, 0.15) is 17.2 Å². The molecular formula is C22H25F3N8O. The average molecular weight is 474 g/mol. The third kappa shape index (κ3) is 4.02. The minimum Gasteiger partial charge on any atom is -0.479 e. The van der Waals surface area contributed by atoms with E-state index < -0.39 is 24.7 Å². The molecule has 0 bridgehead atoms. The standard InChI is InChI=1S/C22H25F3N8O/c1-31-9-6-16(14(24)11-31)26-22-27-21(34-2)20-19(15(25)12-33(20)29-22)13-4-5-17-18(10-13)32(30-28-17)8-3-7-23/h4-5,10,12,14,16H,3,6-9,11H2,1-2H3,(H,26,29)/t14-,16+/m0/s1. The predicted octanol–water partition coefficient (Wildman–Crippen LogP) is 3.10. The van der Waals surface area contributed by atoms with Gasteiger partial charge in [-0.2, -0.15) is 4.98 Å². The van der Waals surface area contributed by atoms with Gasteiger partial charge in [-0.15, -0.1) is 10.2 Å². The number of likely N-dealkylation sites (tertiary alicyclic amines) is 1. The van der Waals surface area contributed by atoms with E-state index in [2.05, 4.69) is 25.7 Å². The van der Waals surface area contributed by atoms with Crippen LogP contribution in [-0.4, -0.2) is 80.6 Å². The van der Waals surface area contributed by atoms with E-state index in [0.717, 1.165) is 6.54 Å². The van der Waals surface area contributed by atoms with Crippen LogP contribution < -0.4 is 10.1 Å². The lowest BCUT2D eigenvalue weighted by Crippen LogP contribution is -2.46. The van der Waals surface area contributed by atoms with E-state index in [0.29, 0.717) is 48.0 Å². The van der Waals surface area contributed by atoms with E-state index in [1.165, 1.54) is 17.8 Å². The Hall–Kier alpha value is -3.41. The van der Waals surface area contributed by atoms with Crippen molar-refractivity contribution in [3.05, 3.63) is 30.2 Å². The summed E-state index contributed by atoms with van der Waals surface area (Å²) in [5, 5.41) is 15.6. The molecule has 0 unspecified atom stereocenters. The Morgan fingerprint density at radius 1 is 1.29 bits per heavy atom. The van der Waals surface area contributed by atoms with Crippen molar-refractivity contribution in [2.45, 2.75) is 31.6 Å². The number of piperidine rings is 1. The molecule has 4 heterocycles. The molecule has 1 saturated heterocycles. The summed E-state index contributed by atoms with van der Waals surface area (Å²) in [7, 11) is 3.31. The smallest absolute Gasteiger partial charge is 0.244 e. The number of nitrogens with one attached hydrogen (secondary N) is 1. The molecule has 0 radical (unpaired) electrons. The Morgan fingerprint density at radius 3 is 2.91 bits per heavy atom. The number of nitrogens with zero attached hydrogens (tertiary/aromatic N) is 7. The first-order valence-corrected chi connectivity index (χ1v) is 11.1. The van der Waals surface area contributed by atoms with Crippen LogP contribution in [0.5, 0.6) is 5.88 Å². The molecule has 0 amide bonds. The second kappa shape index (κ2) is 9.09. The van der Waals surface area contributed by atoms with Crippen molar-refractivity contribution < 1.29 is 17.9 Å². The molecule has 9 nitrogen and oxygen atoms in total. The van der Waals surface area contributed by atoms with Crippen LogP contribution in [0.2, 0.25) is 0 Å². The van der Waals surface area contributed by atoms with Crippen LogP contribution in [0.1, 0.15) is 12.8 Å². The molecule has 1 fully saturated rings. The molecule has 1 aliphatic rings. The second-order valence-electron chi connectivity index (χ2n) is 8.47. The van der Waals surface area contributed by atoms with E-state index in [4.69, 9.17) is 4.74 Å². The number of halogens is 3. The molecule has 34 heavy (non-hydrogen) atoms. The van der Waals surface area contributed by atoms with Crippen molar-refractivity contribution in [1.29, 1.82) is 0 Å². The van der Waals surface area contributed by atoms with Gasteiger partial charge >= 0.3 is 0 Å². The molecule has 12 heteroatoms. The Kier molecular flexibility index (Phi) is 5.98. The first-order chi connectivity index (χ1) is 16.5. The fourth-order valence-corrected chi connectivity index (χ4v) is 4.38. The van der Waals surface area contributed by atoms with Crippen LogP contribution in [0, 0.1) is 5.82 Å². The van der Waals surface area contributed by atoms with E-state index in [1.54, 1.807) is 22.9 Å². The maximum atomic E-state index is 15.2. The van der Waals surface area contributed by atoms with Gasteiger partial charge in [-0.05, 0) is 37.6 Å². The number of ether oxygens (including phenoxy) is 1. The Bertz CT molecular complexity index is 1320. The molecule has 1 aromatic carbocycles. The molecule has 180 valence electrons. The summed E-state index contributed by atoms with van der Waals surface area (Å²) in [4.78, 5) is 6.32. The summed E-state index contributed by atoms with van der Waals surface area (Å²) in [6, 6.07) is 4.77. The SMILES string of the molecule is COc1nc(N[C@@H]2CCN(C)C[C@@H]2F)nn2cc(F)c(-c3ccc4nnn(CCCF)c4c3)c12. The number of alkyl halides is 2. The fraction of sp³-hybridized carbons (Fsp3) is 0.455. The minimum absolute atomic E-state index is 0.156. The summed E-state index contributed by atoms with van der Waals surface area (Å²) >= 11 is 0. The van der Waals surface area contributed by atoms with Crippen LogP contribution in [0.25, 0.3) is 27.7 Å². The summed E-state index contributed by atoms with van der Waals surface area (Å²) in [5.41, 5.74) is 2.44. The van der Waals surface area contributed by atoms with E-state index in [9.17, 15) is 8.78 Å². The van der Waals surface area contributed by atoms with Crippen molar-refractivity contribution in [3.8, 4) is 17.0 Å². The third-order valence-electron chi connectivity index (χ3n) is 6.11. The number of hydrogen-bond donors (Lipinski definition) is 1. The molecule has 0 spiro atoms. The highest BCUT2D eigenvalue weighted by molar-refractivity contribution is 5.89. The van der Waals surface area contributed by atoms with Gasteiger partial charge in [-0.3, -0.25) is 4.39 Å². The van der Waals surface area contributed by atoms with Gasteiger partial charge in [0.05, 0.1) is 37.1 Å². The van der Waals surface area contributed by atoms with Crippen LogP contribution in [0.15, 0.2) is 24.4 Å². The number of benzene rings is 1. The molecule has 0 saturated carbocycles. The number of hydrogen-bond acceptors (Lipinski definition) is 7. The number of methoxy groups -OCH3 is 1. The van der Waals surface area contributed by atoms with E-state index in [-0.39, 0.29) is 17.4 Å². The van der Waals surface area contributed by atoms with Crippen LogP contribution in [0.3, 0.4) is 0 Å². The van der Waals surface area contributed by atoms with Crippen molar-refractivity contribution in [2.24, 2.45) is 0 Å². The monoisotopic (exact) mass is 474 g/mol. The third-order valence-corrected chi connectivity index (χ3v) is 6.11. The van der Waals surface area contributed by atoms with Crippen molar-refractivity contribution >= 4 is 22.5 Å². The number of anilines is 1. The molecule has 0 aliphatic carbocycles. The lowest BCUT2D eigenvalue weighted by molar-refractivity contribution is 0.149. The zero-order chi connectivity index (χ0) is 23.8. The second-order valence-corrected chi connectivity index (χ2v) is 8.47. The van der Waals surface area contributed by atoms with Gasteiger partial charge in [-0.25, -0.2) is 18.0 Å². The largest absolute Gasteiger partial charge is 0.479 e. The highest BCUT2D eigenvalue weighted by atomic mass is 19.1. The molecule has 1 N–H and O–H groups in total. The Morgan fingerprint density at radius 2 is 2.15 bits per heavy atom. The van der Waals surface area contributed by atoms with Gasteiger partial charge in [-0.1, -0.05) is 11.3 Å². The molecule has 5 rings (SSSR count). The number of rotatable bonds is 7. The van der Waals surface area contributed by atoms with Crippen LogP contribution >= 0.6 is 0 Å². The normalized spacial score (nSPS) is 19.2. The summed E-state index contributed by atoms with van der Waals surface area (Å²) in [6.07, 6.45) is 1.06. The number of aromatic nitrogens is 6. The van der Waals surface area contributed by atoms with Crippen molar-refractivity contribution in [2.75, 3.05) is 39.2 Å². The van der Waals surface area contributed by atoms with Gasteiger partial charge < -0.3 is 15.0 Å². The van der Waals surface area contributed by atoms with Crippen molar-refractivity contribution in [1.82, 2.24) is 34.5 Å². The highest BCUT2D eigenvalue weighted by Gasteiger charge is 2.29. The van der Waals surface area contributed by atoms with Gasteiger partial charge in [0, 0.05) is 19.6 Å². The average Bonchev–Trinajstić information content (AvgIpc) is 3.38. The van der Waals surface area contributed by atoms with Crippen LogP contribution in [0.4, 0.5) is 19.1 Å². The zero-order valence-electron chi connectivity index (χ0n) is 18.9. The number of aryl methyl sites for hydroxylation is 1. The van der Waals surface area contributed by atoms with E-state index in [1.807, 2.05) is 11.9 Å². The van der Waals surface area contributed by atoms with Crippen LogP contribution in [-0.2, 0) is 6.54 Å².